The summed E-state index contributed by atoms with van der Waals surface area (Å²) in [7, 11) is 0. The lowest BCUT2D eigenvalue weighted by molar-refractivity contribution is -0.143. The van der Waals surface area contributed by atoms with E-state index < -0.39 is 0 Å². The first kappa shape index (κ1) is 15.8. The second-order valence-corrected chi connectivity index (χ2v) is 6.03. The second kappa shape index (κ2) is 6.24. The Kier molecular flexibility index (Phi) is 5.18. The van der Waals surface area contributed by atoms with E-state index in [9.17, 15) is 4.79 Å². The van der Waals surface area contributed by atoms with Crippen molar-refractivity contribution in [3.63, 3.8) is 0 Å². The molecule has 0 N–H and O–H groups in total. The van der Waals surface area contributed by atoms with Gasteiger partial charge in [-0.3, -0.25) is 4.79 Å². The van der Waals surface area contributed by atoms with Gasteiger partial charge < -0.3 is 14.1 Å². The summed E-state index contributed by atoms with van der Waals surface area (Å²) in [4.78, 5) is 14.0. The van der Waals surface area contributed by atoms with E-state index in [2.05, 4.69) is 0 Å². The fraction of sp³-hybridized carbons (Fsp3) is 0.667. The van der Waals surface area contributed by atoms with Crippen molar-refractivity contribution in [2.24, 2.45) is 0 Å². The molecule has 108 valence electrons. The molecule has 0 saturated carbocycles. The molecular weight excluding hydrogens is 242 g/mol. The third-order valence-corrected chi connectivity index (χ3v) is 2.69. The number of rotatable bonds is 5. The van der Waals surface area contributed by atoms with Gasteiger partial charge in [-0.25, -0.2) is 0 Å². The minimum Gasteiger partial charge on any atom is -0.464 e. The lowest BCUT2D eigenvalue weighted by Gasteiger charge is -2.28. The molecule has 4 heteroatoms. The summed E-state index contributed by atoms with van der Waals surface area (Å²) >= 11 is 0. The van der Waals surface area contributed by atoms with Crippen LogP contribution in [-0.4, -0.2) is 29.1 Å². The van der Waals surface area contributed by atoms with Crippen LogP contribution in [0.2, 0.25) is 0 Å². The molecule has 1 aromatic heterocycles. The predicted octanol–water partition coefficient (Wildman–Crippen LogP) is 3.14. The number of hydrogen-bond donors (Lipinski definition) is 0. The fourth-order valence-electron chi connectivity index (χ4n) is 1.66. The number of ether oxygens (including phenoxy) is 1. The summed E-state index contributed by atoms with van der Waals surface area (Å²) in [6, 6.07) is 3.92. The first-order valence-corrected chi connectivity index (χ1v) is 6.68. The molecule has 1 amide bonds. The van der Waals surface area contributed by atoms with Gasteiger partial charge in [0.2, 0.25) is 5.91 Å². The zero-order valence-electron chi connectivity index (χ0n) is 12.8. The standard InChI is InChI=1S/C15H25NO3/c1-11(2)16(9-13-8-7-12(3)19-13)14(17)10-18-15(4,5)6/h7-8,11H,9-10H2,1-6H3. The summed E-state index contributed by atoms with van der Waals surface area (Å²) in [5.74, 6) is 1.64. The van der Waals surface area contributed by atoms with Crippen molar-refractivity contribution < 1.29 is 13.9 Å². The Balaban J connectivity index is 2.64. The van der Waals surface area contributed by atoms with Gasteiger partial charge in [-0.2, -0.15) is 0 Å². The van der Waals surface area contributed by atoms with Crippen molar-refractivity contribution in [2.75, 3.05) is 6.61 Å². The van der Waals surface area contributed by atoms with Crippen molar-refractivity contribution in [2.45, 2.75) is 59.7 Å². The van der Waals surface area contributed by atoms with Gasteiger partial charge in [0.05, 0.1) is 12.1 Å². The molecule has 0 fully saturated rings. The van der Waals surface area contributed by atoms with E-state index in [-0.39, 0.29) is 24.2 Å². The molecule has 0 aliphatic rings. The summed E-state index contributed by atoms with van der Waals surface area (Å²) in [5, 5.41) is 0. The van der Waals surface area contributed by atoms with E-state index in [1.807, 2.05) is 53.7 Å². The molecule has 0 bridgehead atoms. The Bertz CT molecular complexity index is 415. The number of nitrogens with zero attached hydrogens (tertiary/aromatic N) is 1. The van der Waals surface area contributed by atoms with E-state index in [1.54, 1.807) is 4.90 Å². The average Bonchev–Trinajstić information content (AvgIpc) is 2.67. The number of aryl methyl sites for hydroxylation is 1. The highest BCUT2D eigenvalue weighted by molar-refractivity contribution is 5.77. The molecule has 1 aromatic rings. The predicted molar refractivity (Wildman–Crippen MR) is 74.8 cm³/mol. The van der Waals surface area contributed by atoms with Crippen molar-refractivity contribution in [3.05, 3.63) is 23.7 Å². The van der Waals surface area contributed by atoms with E-state index >= 15 is 0 Å². The maximum Gasteiger partial charge on any atom is 0.249 e. The summed E-state index contributed by atoms with van der Waals surface area (Å²) in [6.45, 7) is 12.3. The van der Waals surface area contributed by atoms with Crippen LogP contribution in [-0.2, 0) is 16.1 Å². The molecule has 0 unspecified atom stereocenters. The van der Waals surface area contributed by atoms with Gasteiger partial charge in [-0.05, 0) is 53.7 Å². The minimum atomic E-state index is -0.306. The van der Waals surface area contributed by atoms with Gasteiger partial charge in [0.1, 0.15) is 18.1 Å². The molecule has 0 radical (unpaired) electrons. The van der Waals surface area contributed by atoms with Crippen LogP contribution in [0.1, 0.15) is 46.1 Å². The normalized spacial score (nSPS) is 11.9. The molecule has 1 rings (SSSR count). The van der Waals surface area contributed by atoms with Crippen molar-refractivity contribution in [3.8, 4) is 0 Å². The fourth-order valence-corrected chi connectivity index (χ4v) is 1.66. The molecule has 4 nitrogen and oxygen atoms in total. The first-order valence-electron chi connectivity index (χ1n) is 6.68. The lowest BCUT2D eigenvalue weighted by Crippen LogP contribution is -2.40. The Morgan fingerprint density at radius 2 is 2.00 bits per heavy atom. The average molecular weight is 267 g/mol. The smallest absolute Gasteiger partial charge is 0.249 e. The zero-order chi connectivity index (χ0) is 14.6. The largest absolute Gasteiger partial charge is 0.464 e. The SMILES string of the molecule is Cc1ccc(CN(C(=O)COC(C)(C)C)C(C)C)o1. The first-order chi connectivity index (χ1) is 8.69. The number of carbonyl (C=O) groups is 1. The van der Waals surface area contributed by atoms with Crippen molar-refractivity contribution >= 4 is 5.91 Å². The summed E-state index contributed by atoms with van der Waals surface area (Å²) in [5.41, 5.74) is -0.306. The molecule has 0 aromatic carbocycles. The molecule has 0 aliphatic heterocycles. The Hall–Kier alpha value is -1.29. The third kappa shape index (κ3) is 5.47. The highest BCUT2D eigenvalue weighted by Gasteiger charge is 2.21. The molecule has 0 aliphatic carbocycles. The van der Waals surface area contributed by atoms with Crippen molar-refractivity contribution in [1.29, 1.82) is 0 Å². The summed E-state index contributed by atoms with van der Waals surface area (Å²) < 4.78 is 11.1. The lowest BCUT2D eigenvalue weighted by atomic mass is 10.2. The van der Waals surface area contributed by atoms with Crippen molar-refractivity contribution in [1.82, 2.24) is 4.90 Å². The highest BCUT2D eigenvalue weighted by atomic mass is 16.5. The molecule has 0 spiro atoms. The maximum absolute atomic E-state index is 12.2. The van der Waals surface area contributed by atoms with Crippen LogP contribution < -0.4 is 0 Å². The van der Waals surface area contributed by atoms with Crippen LogP contribution in [0.3, 0.4) is 0 Å². The highest BCUT2D eigenvalue weighted by Crippen LogP contribution is 2.13. The van der Waals surface area contributed by atoms with Gasteiger partial charge in [0.15, 0.2) is 0 Å². The quantitative estimate of drug-likeness (QED) is 0.823. The second-order valence-electron chi connectivity index (χ2n) is 6.03. The van der Waals surface area contributed by atoms with Gasteiger partial charge in [-0.15, -0.1) is 0 Å². The Morgan fingerprint density at radius 1 is 1.37 bits per heavy atom. The third-order valence-electron chi connectivity index (χ3n) is 2.69. The Labute approximate surface area is 115 Å². The molecule has 0 saturated heterocycles. The number of furan rings is 1. The van der Waals surface area contributed by atoms with E-state index in [1.165, 1.54) is 0 Å². The summed E-state index contributed by atoms with van der Waals surface area (Å²) in [6.07, 6.45) is 0. The Morgan fingerprint density at radius 3 is 2.42 bits per heavy atom. The van der Waals surface area contributed by atoms with Gasteiger partial charge >= 0.3 is 0 Å². The maximum atomic E-state index is 12.2. The van der Waals surface area contributed by atoms with Gasteiger partial charge in [0.25, 0.3) is 0 Å². The van der Waals surface area contributed by atoms with E-state index in [0.29, 0.717) is 6.54 Å². The number of amides is 1. The van der Waals surface area contributed by atoms with Crippen LogP contribution in [0, 0.1) is 6.92 Å². The zero-order valence-corrected chi connectivity index (χ0v) is 12.8. The topological polar surface area (TPSA) is 42.7 Å². The van der Waals surface area contributed by atoms with Crippen LogP contribution in [0.25, 0.3) is 0 Å². The van der Waals surface area contributed by atoms with Gasteiger partial charge in [0, 0.05) is 6.04 Å². The molecule has 19 heavy (non-hydrogen) atoms. The minimum absolute atomic E-state index is 0.0148. The number of hydrogen-bond acceptors (Lipinski definition) is 3. The number of carbonyl (C=O) groups excluding carboxylic acids is 1. The van der Waals surface area contributed by atoms with Gasteiger partial charge in [-0.1, -0.05) is 0 Å². The van der Waals surface area contributed by atoms with Crippen LogP contribution in [0.5, 0.6) is 0 Å². The van der Waals surface area contributed by atoms with E-state index in [0.717, 1.165) is 11.5 Å². The van der Waals surface area contributed by atoms with E-state index in [4.69, 9.17) is 9.15 Å². The molecular formula is C15H25NO3. The van der Waals surface area contributed by atoms with Crippen LogP contribution in [0.4, 0.5) is 0 Å². The molecule has 1 heterocycles. The van der Waals surface area contributed by atoms with Crippen LogP contribution >= 0.6 is 0 Å². The molecule has 0 atom stereocenters. The monoisotopic (exact) mass is 267 g/mol. The van der Waals surface area contributed by atoms with Crippen LogP contribution in [0.15, 0.2) is 16.5 Å².